The zero-order valence-corrected chi connectivity index (χ0v) is 13.8. The molecule has 0 saturated heterocycles. The number of methoxy groups -OCH3 is 1. The molecule has 22 heavy (non-hydrogen) atoms. The van der Waals surface area contributed by atoms with Gasteiger partial charge in [-0.3, -0.25) is 4.98 Å². The van der Waals surface area contributed by atoms with Gasteiger partial charge in [0.25, 0.3) is 0 Å². The Morgan fingerprint density at radius 2 is 2.05 bits per heavy atom. The minimum Gasteiger partial charge on any atom is -0.493 e. The third-order valence-corrected chi connectivity index (χ3v) is 4.29. The van der Waals surface area contributed by atoms with Crippen LogP contribution in [0.5, 0.6) is 11.5 Å². The van der Waals surface area contributed by atoms with Gasteiger partial charge in [-0.25, -0.2) is 0 Å². The molecule has 2 aromatic heterocycles. The molecule has 0 fully saturated rings. The van der Waals surface area contributed by atoms with Crippen molar-refractivity contribution in [2.45, 2.75) is 26.4 Å². The maximum absolute atomic E-state index is 5.88. The summed E-state index contributed by atoms with van der Waals surface area (Å²) in [5.74, 6) is 1.53. The first-order valence-corrected chi connectivity index (χ1v) is 8.20. The summed E-state index contributed by atoms with van der Waals surface area (Å²) in [6, 6.07) is 10.3. The molecule has 3 nitrogen and oxygen atoms in total. The maximum Gasteiger partial charge on any atom is 0.162 e. The van der Waals surface area contributed by atoms with E-state index >= 15 is 0 Å². The normalized spacial score (nSPS) is 11.1. The van der Waals surface area contributed by atoms with Gasteiger partial charge in [0, 0.05) is 22.9 Å². The topological polar surface area (TPSA) is 31.4 Å². The van der Waals surface area contributed by atoms with E-state index in [1.807, 2.05) is 38.2 Å². The first kappa shape index (κ1) is 14.9. The molecule has 0 atom stereocenters. The molecule has 4 heteroatoms. The summed E-state index contributed by atoms with van der Waals surface area (Å²) in [5, 5.41) is 4.33. The summed E-state index contributed by atoms with van der Waals surface area (Å²) in [5.41, 5.74) is 1.07. The molecule has 0 unspecified atom stereocenters. The zero-order valence-electron chi connectivity index (χ0n) is 13.0. The first-order valence-electron chi connectivity index (χ1n) is 7.32. The van der Waals surface area contributed by atoms with Crippen LogP contribution >= 0.6 is 11.3 Å². The minimum absolute atomic E-state index is 0.101. The molecule has 0 saturated carbocycles. The summed E-state index contributed by atoms with van der Waals surface area (Å²) in [6.07, 6.45) is 2.79. The van der Waals surface area contributed by atoms with Crippen LogP contribution in [0, 0.1) is 0 Å². The van der Waals surface area contributed by atoms with Gasteiger partial charge < -0.3 is 9.47 Å². The van der Waals surface area contributed by atoms with Crippen LogP contribution in [0.2, 0.25) is 0 Å². The highest BCUT2D eigenvalue weighted by molar-refractivity contribution is 7.09. The van der Waals surface area contributed by atoms with E-state index in [1.165, 1.54) is 4.88 Å². The van der Waals surface area contributed by atoms with Gasteiger partial charge >= 0.3 is 0 Å². The predicted octanol–water partition coefficient (Wildman–Crippen LogP) is 4.68. The number of fused-ring (bicyclic) bond motifs is 1. The molecular weight excluding hydrogens is 294 g/mol. The molecule has 0 radical (unpaired) electrons. The van der Waals surface area contributed by atoms with Crippen LogP contribution in [0.4, 0.5) is 0 Å². The molecule has 0 amide bonds. The number of hydrogen-bond acceptors (Lipinski definition) is 4. The van der Waals surface area contributed by atoms with Gasteiger partial charge in [0.1, 0.15) is 0 Å². The van der Waals surface area contributed by atoms with Crippen LogP contribution in [0.3, 0.4) is 0 Å². The van der Waals surface area contributed by atoms with Crippen LogP contribution in [0.15, 0.2) is 41.9 Å². The molecule has 0 aliphatic rings. The standard InChI is InChI=1S/C18H19NO2S/c1-12(2)21-18-11-15-13(9-17(18)20-3)6-7-19-16(15)10-14-5-4-8-22-14/h4-9,11-12H,10H2,1-3H3. The number of aromatic nitrogens is 1. The number of thiophene rings is 1. The Morgan fingerprint density at radius 1 is 1.18 bits per heavy atom. The quantitative estimate of drug-likeness (QED) is 0.685. The molecule has 1 aromatic carbocycles. The highest BCUT2D eigenvalue weighted by Crippen LogP contribution is 2.34. The number of ether oxygens (including phenoxy) is 2. The first-order chi connectivity index (χ1) is 10.7. The lowest BCUT2D eigenvalue weighted by Crippen LogP contribution is -2.07. The Balaban J connectivity index is 2.09. The van der Waals surface area contributed by atoms with E-state index in [9.17, 15) is 0 Å². The molecule has 0 aliphatic heterocycles. The second kappa shape index (κ2) is 6.36. The van der Waals surface area contributed by atoms with E-state index in [-0.39, 0.29) is 6.10 Å². The summed E-state index contributed by atoms with van der Waals surface area (Å²) in [4.78, 5) is 5.88. The van der Waals surface area contributed by atoms with Crippen LogP contribution < -0.4 is 9.47 Å². The lowest BCUT2D eigenvalue weighted by atomic mass is 10.1. The third kappa shape index (κ3) is 3.07. The minimum atomic E-state index is 0.101. The Kier molecular flexibility index (Phi) is 4.29. The Labute approximate surface area is 134 Å². The lowest BCUT2D eigenvalue weighted by molar-refractivity contribution is 0.230. The van der Waals surface area contributed by atoms with Crippen molar-refractivity contribution in [1.29, 1.82) is 0 Å². The van der Waals surface area contributed by atoms with Crippen LogP contribution in [-0.2, 0) is 6.42 Å². The highest BCUT2D eigenvalue weighted by Gasteiger charge is 2.12. The molecule has 2 heterocycles. The third-order valence-electron chi connectivity index (χ3n) is 3.42. The largest absolute Gasteiger partial charge is 0.493 e. The van der Waals surface area contributed by atoms with Crippen molar-refractivity contribution in [2.24, 2.45) is 0 Å². The van der Waals surface area contributed by atoms with Gasteiger partial charge in [0.05, 0.1) is 18.9 Å². The summed E-state index contributed by atoms with van der Waals surface area (Å²) in [7, 11) is 1.67. The summed E-state index contributed by atoms with van der Waals surface area (Å²) in [6.45, 7) is 4.03. The Hall–Kier alpha value is -2.07. The average Bonchev–Trinajstić information content (AvgIpc) is 2.99. The predicted molar refractivity (Wildman–Crippen MR) is 91.2 cm³/mol. The maximum atomic E-state index is 5.88. The molecule has 0 N–H and O–H groups in total. The smallest absolute Gasteiger partial charge is 0.162 e. The van der Waals surface area contributed by atoms with Crippen molar-refractivity contribution in [1.82, 2.24) is 4.98 Å². The van der Waals surface area contributed by atoms with Crippen molar-refractivity contribution in [3.05, 3.63) is 52.5 Å². The highest BCUT2D eigenvalue weighted by atomic mass is 32.1. The number of benzene rings is 1. The van der Waals surface area contributed by atoms with Crippen molar-refractivity contribution in [3.8, 4) is 11.5 Å². The van der Waals surface area contributed by atoms with Crippen LogP contribution in [0.1, 0.15) is 24.4 Å². The monoisotopic (exact) mass is 313 g/mol. The van der Waals surface area contributed by atoms with E-state index in [0.29, 0.717) is 0 Å². The zero-order chi connectivity index (χ0) is 15.5. The van der Waals surface area contributed by atoms with Gasteiger partial charge in [0.15, 0.2) is 11.5 Å². The van der Waals surface area contributed by atoms with E-state index in [0.717, 1.165) is 34.4 Å². The second-order valence-electron chi connectivity index (χ2n) is 5.40. The molecule has 0 spiro atoms. The van der Waals surface area contributed by atoms with Gasteiger partial charge in [0.2, 0.25) is 0 Å². The molecule has 3 aromatic rings. The summed E-state index contributed by atoms with van der Waals surface area (Å²) >= 11 is 1.75. The molecule has 0 aliphatic carbocycles. The van der Waals surface area contributed by atoms with E-state index in [2.05, 4.69) is 22.5 Å². The van der Waals surface area contributed by atoms with Crippen LogP contribution in [0.25, 0.3) is 10.8 Å². The fourth-order valence-electron chi connectivity index (χ4n) is 2.47. The second-order valence-corrected chi connectivity index (χ2v) is 6.44. The molecule has 0 bridgehead atoms. The Bertz CT molecular complexity index is 766. The van der Waals surface area contributed by atoms with Gasteiger partial charge in [-0.15, -0.1) is 11.3 Å². The van der Waals surface area contributed by atoms with Crippen molar-refractivity contribution in [3.63, 3.8) is 0 Å². The van der Waals surface area contributed by atoms with Crippen LogP contribution in [-0.4, -0.2) is 18.2 Å². The van der Waals surface area contributed by atoms with E-state index in [1.54, 1.807) is 18.4 Å². The number of hydrogen-bond donors (Lipinski definition) is 0. The van der Waals surface area contributed by atoms with Gasteiger partial charge in [-0.2, -0.15) is 0 Å². The molecule has 114 valence electrons. The summed E-state index contributed by atoms with van der Waals surface area (Å²) < 4.78 is 11.3. The number of rotatable bonds is 5. The number of nitrogens with zero attached hydrogens (tertiary/aromatic N) is 1. The van der Waals surface area contributed by atoms with Crippen molar-refractivity contribution >= 4 is 22.1 Å². The van der Waals surface area contributed by atoms with E-state index in [4.69, 9.17) is 9.47 Å². The lowest BCUT2D eigenvalue weighted by Gasteiger charge is -2.15. The molecule has 3 rings (SSSR count). The molecular formula is C18H19NO2S. The SMILES string of the molecule is COc1cc2ccnc(Cc3cccs3)c2cc1OC(C)C. The van der Waals surface area contributed by atoms with Crippen molar-refractivity contribution in [2.75, 3.05) is 7.11 Å². The van der Waals surface area contributed by atoms with E-state index < -0.39 is 0 Å². The fourth-order valence-corrected chi connectivity index (χ4v) is 3.17. The number of pyridine rings is 1. The van der Waals surface area contributed by atoms with Gasteiger partial charge in [-0.1, -0.05) is 6.07 Å². The van der Waals surface area contributed by atoms with Crippen molar-refractivity contribution < 1.29 is 9.47 Å². The Morgan fingerprint density at radius 3 is 2.73 bits per heavy atom. The van der Waals surface area contributed by atoms with Gasteiger partial charge in [-0.05, 0) is 48.9 Å². The average molecular weight is 313 g/mol. The fraction of sp³-hybridized carbons (Fsp3) is 0.278.